The molecule has 0 bridgehead atoms. The molecule has 1 atom stereocenters. The van der Waals surface area contributed by atoms with Crippen molar-refractivity contribution in [3.8, 4) is 0 Å². The summed E-state index contributed by atoms with van der Waals surface area (Å²) in [5.41, 5.74) is 0.406. The highest BCUT2D eigenvalue weighted by Crippen LogP contribution is 2.26. The summed E-state index contributed by atoms with van der Waals surface area (Å²) in [6, 6.07) is 4.71. The lowest BCUT2D eigenvalue weighted by Gasteiger charge is -2.37. The molecule has 1 aromatic rings. The van der Waals surface area contributed by atoms with Crippen LogP contribution in [0.2, 0.25) is 10.0 Å². The second-order valence-corrected chi connectivity index (χ2v) is 5.91. The zero-order chi connectivity index (χ0) is 16.3. The smallest absolute Gasteiger partial charge is 0.322 e. The summed E-state index contributed by atoms with van der Waals surface area (Å²) < 4.78 is 4.74. The van der Waals surface area contributed by atoms with Crippen molar-refractivity contribution in [2.75, 3.05) is 33.3 Å². The topological polar surface area (TPSA) is 49.9 Å². The van der Waals surface area contributed by atoms with Crippen LogP contribution in [0, 0.1) is 0 Å². The Hall–Kier alpha value is -1.30. The lowest BCUT2D eigenvalue weighted by Crippen LogP contribution is -2.53. The van der Waals surface area contributed by atoms with Gasteiger partial charge in [-0.25, -0.2) is 0 Å². The summed E-state index contributed by atoms with van der Waals surface area (Å²) in [5, 5.41) is 0.644. The fourth-order valence-electron chi connectivity index (χ4n) is 2.47. The van der Waals surface area contributed by atoms with Gasteiger partial charge >= 0.3 is 5.97 Å². The first-order valence-electron chi connectivity index (χ1n) is 7.01. The second kappa shape index (κ2) is 7.31. The van der Waals surface area contributed by atoms with Gasteiger partial charge in [-0.1, -0.05) is 29.3 Å². The molecule has 0 radical (unpaired) electrons. The minimum absolute atomic E-state index is 0.141. The highest BCUT2D eigenvalue weighted by Gasteiger charge is 2.29. The Morgan fingerprint density at radius 3 is 2.41 bits per heavy atom. The van der Waals surface area contributed by atoms with Crippen LogP contribution in [-0.2, 0) is 9.53 Å². The Morgan fingerprint density at radius 1 is 1.18 bits per heavy atom. The Kier molecular flexibility index (Phi) is 5.67. The van der Waals surface area contributed by atoms with Crippen LogP contribution in [0.4, 0.5) is 0 Å². The number of piperazine rings is 1. The monoisotopic (exact) mass is 344 g/mol. The van der Waals surface area contributed by atoms with Crippen molar-refractivity contribution in [2.45, 2.75) is 13.0 Å². The van der Waals surface area contributed by atoms with Crippen LogP contribution in [-0.4, -0.2) is 61.0 Å². The predicted molar refractivity (Wildman–Crippen MR) is 85.4 cm³/mol. The largest absolute Gasteiger partial charge is 0.468 e. The van der Waals surface area contributed by atoms with E-state index in [0.29, 0.717) is 36.8 Å². The van der Waals surface area contributed by atoms with Crippen molar-refractivity contribution in [3.63, 3.8) is 0 Å². The number of hydrogen-bond donors (Lipinski definition) is 0. The molecule has 120 valence electrons. The minimum atomic E-state index is -0.308. The van der Waals surface area contributed by atoms with E-state index in [1.54, 1.807) is 30.0 Å². The predicted octanol–water partition coefficient (Wildman–Crippen LogP) is 2.31. The molecule has 1 fully saturated rings. The third-order valence-electron chi connectivity index (χ3n) is 3.87. The summed E-state index contributed by atoms with van der Waals surface area (Å²) in [4.78, 5) is 27.8. The number of methoxy groups -OCH3 is 1. The van der Waals surface area contributed by atoms with Crippen molar-refractivity contribution in [2.24, 2.45) is 0 Å². The summed E-state index contributed by atoms with van der Waals surface area (Å²) in [7, 11) is 1.37. The first kappa shape index (κ1) is 17.1. The van der Waals surface area contributed by atoms with E-state index in [0.717, 1.165) is 0 Å². The molecular formula is C15H18Cl2N2O3. The molecule has 22 heavy (non-hydrogen) atoms. The second-order valence-electron chi connectivity index (χ2n) is 5.13. The molecule has 0 N–H and O–H groups in total. The Morgan fingerprint density at radius 2 is 1.82 bits per heavy atom. The van der Waals surface area contributed by atoms with Gasteiger partial charge in [-0.2, -0.15) is 0 Å². The molecule has 2 rings (SSSR count). The molecule has 0 aliphatic carbocycles. The van der Waals surface area contributed by atoms with Gasteiger partial charge in [0.15, 0.2) is 0 Å². The van der Waals surface area contributed by atoms with Gasteiger partial charge in [-0.05, 0) is 19.1 Å². The number of carbonyl (C=O) groups is 2. The molecule has 0 saturated carbocycles. The number of esters is 1. The normalized spacial score (nSPS) is 17.2. The van der Waals surface area contributed by atoms with Gasteiger partial charge in [0, 0.05) is 26.2 Å². The Labute approximate surface area is 139 Å². The maximum absolute atomic E-state index is 12.5. The fraction of sp³-hybridized carbons (Fsp3) is 0.467. The average Bonchev–Trinajstić information content (AvgIpc) is 2.55. The van der Waals surface area contributed by atoms with Crippen LogP contribution in [0.15, 0.2) is 18.2 Å². The molecular weight excluding hydrogens is 327 g/mol. The van der Waals surface area contributed by atoms with Crippen LogP contribution in [0.1, 0.15) is 17.3 Å². The number of amides is 1. The highest BCUT2D eigenvalue weighted by molar-refractivity contribution is 6.43. The lowest BCUT2D eigenvalue weighted by atomic mass is 10.1. The van der Waals surface area contributed by atoms with Gasteiger partial charge in [0.2, 0.25) is 0 Å². The van der Waals surface area contributed by atoms with Crippen molar-refractivity contribution < 1.29 is 14.3 Å². The average molecular weight is 345 g/mol. The third kappa shape index (κ3) is 3.54. The molecule has 5 nitrogen and oxygen atoms in total. The Bertz CT molecular complexity index is 572. The van der Waals surface area contributed by atoms with Crippen LogP contribution < -0.4 is 0 Å². The molecule has 1 unspecified atom stereocenters. The van der Waals surface area contributed by atoms with Crippen LogP contribution in [0.25, 0.3) is 0 Å². The summed E-state index contributed by atoms with van der Waals surface area (Å²) >= 11 is 12.0. The number of rotatable bonds is 3. The molecule has 1 aromatic carbocycles. The highest BCUT2D eigenvalue weighted by atomic mass is 35.5. The van der Waals surface area contributed by atoms with E-state index in [9.17, 15) is 9.59 Å². The number of halogens is 2. The minimum Gasteiger partial charge on any atom is -0.468 e. The van der Waals surface area contributed by atoms with Crippen LogP contribution in [0.3, 0.4) is 0 Å². The van der Waals surface area contributed by atoms with Gasteiger partial charge in [-0.15, -0.1) is 0 Å². The summed E-state index contributed by atoms with van der Waals surface area (Å²) in [6.45, 7) is 4.09. The first-order valence-corrected chi connectivity index (χ1v) is 7.76. The summed E-state index contributed by atoms with van der Waals surface area (Å²) in [5.74, 6) is -0.407. The molecule has 0 aromatic heterocycles. The standard InChI is InChI=1S/C15H18Cl2N2O3/c1-10(15(21)22-2)18-6-8-19(9-7-18)14(20)11-4-3-5-12(16)13(11)17/h3-5,10H,6-9H2,1-2H3. The molecule has 7 heteroatoms. The zero-order valence-corrected chi connectivity index (χ0v) is 14.0. The SMILES string of the molecule is COC(=O)C(C)N1CCN(C(=O)c2cccc(Cl)c2Cl)CC1. The molecule has 1 amide bonds. The van der Waals surface area contributed by atoms with E-state index in [1.807, 2.05) is 4.90 Å². The molecule has 1 aliphatic rings. The number of nitrogens with zero attached hydrogens (tertiary/aromatic N) is 2. The molecule has 1 heterocycles. The van der Waals surface area contributed by atoms with E-state index in [1.165, 1.54) is 7.11 Å². The maximum Gasteiger partial charge on any atom is 0.322 e. The number of ether oxygens (including phenoxy) is 1. The van der Waals surface area contributed by atoms with Crippen molar-refractivity contribution in [3.05, 3.63) is 33.8 Å². The van der Waals surface area contributed by atoms with Gasteiger partial charge in [0.25, 0.3) is 5.91 Å². The van der Waals surface area contributed by atoms with Crippen LogP contribution >= 0.6 is 23.2 Å². The molecule has 0 spiro atoms. The maximum atomic E-state index is 12.5. The van der Waals surface area contributed by atoms with E-state index in [2.05, 4.69) is 0 Å². The zero-order valence-electron chi connectivity index (χ0n) is 12.5. The van der Waals surface area contributed by atoms with Gasteiger partial charge in [0.1, 0.15) is 6.04 Å². The van der Waals surface area contributed by atoms with Gasteiger partial charge < -0.3 is 9.64 Å². The molecule has 1 saturated heterocycles. The van der Waals surface area contributed by atoms with E-state index < -0.39 is 0 Å². The number of carbonyl (C=O) groups excluding carboxylic acids is 2. The Balaban J connectivity index is 2.01. The summed E-state index contributed by atoms with van der Waals surface area (Å²) in [6.07, 6.45) is 0. The quantitative estimate of drug-likeness (QED) is 0.789. The van der Waals surface area contributed by atoms with Crippen molar-refractivity contribution >= 4 is 35.1 Å². The van der Waals surface area contributed by atoms with Gasteiger partial charge in [0.05, 0.1) is 22.7 Å². The van der Waals surface area contributed by atoms with Crippen LogP contribution in [0.5, 0.6) is 0 Å². The van der Waals surface area contributed by atoms with E-state index in [4.69, 9.17) is 27.9 Å². The number of benzene rings is 1. The third-order valence-corrected chi connectivity index (χ3v) is 4.69. The van der Waals surface area contributed by atoms with Crippen molar-refractivity contribution in [1.82, 2.24) is 9.80 Å². The van der Waals surface area contributed by atoms with E-state index in [-0.39, 0.29) is 22.9 Å². The first-order chi connectivity index (χ1) is 10.5. The molecule has 1 aliphatic heterocycles. The van der Waals surface area contributed by atoms with Crippen molar-refractivity contribution in [1.29, 1.82) is 0 Å². The van der Waals surface area contributed by atoms with Gasteiger partial charge in [-0.3, -0.25) is 14.5 Å². The van der Waals surface area contributed by atoms with E-state index >= 15 is 0 Å². The number of hydrogen-bond acceptors (Lipinski definition) is 4. The lowest BCUT2D eigenvalue weighted by molar-refractivity contribution is -0.146. The fourth-order valence-corrected chi connectivity index (χ4v) is 2.85.